The van der Waals surface area contributed by atoms with Crippen LogP contribution in [0.4, 0.5) is 5.69 Å². The van der Waals surface area contributed by atoms with E-state index in [-0.39, 0.29) is 23.1 Å². The molecule has 3 rings (SSSR count). The number of rotatable bonds is 4. The lowest BCUT2D eigenvalue weighted by Crippen LogP contribution is -2.50. The van der Waals surface area contributed by atoms with E-state index in [1.165, 1.54) is 11.8 Å². The average molecular weight is 363 g/mol. The van der Waals surface area contributed by atoms with Crippen LogP contribution < -0.4 is 10.5 Å². The minimum Gasteiger partial charge on any atom is -0.375 e. The van der Waals surface area contributed by atoms with E-state index >= 15 is 0 Å². The number of anilines is 1. The van der Waals surface area contributed by atoms with E-state index in [2.05, 4.69) is 5.10 Å². The van der Waals surface area contributed by atoms with Crippen LogP contribution in [-0.4, -0.2) is 60.5 Å². The Morgan fingerprint density at radius 1 is 1.20 bits per heavy atom. The molecule has 0 bridgehead atoms. The fourth-order valence-corrected chi connectivity index (χ4v) is 3.06. The van der Waals surface area contributed by atoms with Crippen molar-refractivity contribution in [2.24, 2.45) is 0 Å². The van der Waals surface area contributed by atoms with E-state index in [9.17, 15) is 9.59 Å². The normalized spacial score (nSPS) is 14.6. The predicted molar refractivity (Wildman–Crippen MR) is 95.5 cm³/mol. The Balaban J connectivity index is 1.78. The zero-order chi connectivity index (χ0) is 17.8. The first kappa shape index (κ1) is 17.4. The number of hydrogen-bond acceptors (Lipinski definition) is 5. The summed E-state index contributed by atoms with van der Waals surface area (Å²) in [4.78, 5) is 28.1. The lowest BCUT2D eigenvalue weighted by atomic mass is 10.2. The molecule has 1 amide bonds. The highest BCUT2D eigenvalue weighted by Gasteiger charge is 2.23. The maximum Gasteiger partial charge on any atom is 0.292 e. The highest BCUT2D eigenvalue weighted by atomic mass is 35.5. The van der Waals surface area contributed by atoms with Gasteiger partial charge in [-0.25, -0.2) is 0 Å². The van der Waals surface area contributed by atoms with Crippen molar-refractivity contribution in [1.82, 2.24) is 14.7 Å². The van der Waals surface area contributed by atoms with Gasteiger partial charge in [-0.1, -0.05) is 29.8 Å². The van der Waals surface area contributed by atoms with Gasteiger partial charge in [0.1, 0.15) is 11.6 Å². The molecule has 1 aliphatic rings. The maximum atomic E-state index is 12.6. The van der Waals surface area contributed by atoms with Gasteiger partial charge in [0.15, 0.2) is 0 Å². The van der Waals surface area contributed by atoms with Gasteiger partial charge in [0, 0.05) is 33.3 Å². The molecule has 1 aromatic heterocycles. The Hall–Kier alpha value is -2.38. The molecule has 25 heavy (non-hydrogen) atoms. The number of aromatic nitrogens is 2. The molecule has 132 valence electrons. The van der Waals surface area contributed by atoms with E-state index in [0.29, 0.717) is 37.6 Å². The molecule has 1 fully saturated rings. The summed E-state index contributed by atoms with van der Waals surface area (Å²) in [7, 11) is 1.50. The van der Waals surface area contributed by atoms with Gasteiger partial charge in [0.05, 0.1) is 17.6 Å². The van der Waals surface area contributed by atoms with Crippen LogP contribution in [0, 0.1) is 0 Å². The molecule has 2 heterocycles. The van der Waals surface area contributed by atoms with Crippen LogP contribution in [0.5, 0.6) is 0 Å². The summed E-state index contributed by atoms with van der Waals surface area (Å²) in [6.45, 7) is 2.37. The second-order valence-corrected chi connectivity index (χ2v) is 6.08. The molecule has 1 saturated heterocycles. The third-order valence-corrected chi connectivity index (χ3v) is 4.50. The lowest BCUT2D eigenvalue weighted by molar-refractivity contribution is -0.135. The number of amides is 1. The maximum absolute atomic E-state index is 12.6. The molecule has 0 radical (unpaired) electrons. The van der Waals surface area contributed by atoms with Gasteiger partial charge in [0.2, 0.25) is 5.91 Å². The first-order valence-electron chi connectivity index (χ1n) is 7.96. The lowest BCUT2D eigenvalue weighted by Gasteiger charge is -2.36. The zero-order valence-electron chi connectivity index (χ0n) is 13.9. The van der Waals surface area contributed by atoms with Crippen LogP contribution in [0.2, 0.25) is 5.02 Å². The Morgan fingerprint density at radius 2 is 1.88 bits per heavy atom. The standard InChI is InChI=1S/C17H19ClN4O3/c1-25-12-15(23)21-9-7-20(8-10-21)14-11-19-22(17(24)16(14)18)13-5-3-2-4-6-13/h2-6,11H,7-10,12H2,1H3. The number of benzene rings is 1. The quantitative estimate of drug-likeness (QED) is 0.817. The molecular weight excluding hydrogens is 344 g/mol. The van der Waals surface area contributed by atoms with Gasteiger partial charge in [-0.15, -0.1) is 0 Å². The molecule has 0 spiro atoms. The number of methoxy groups -OCH3 is 1. The van der Waals surface area contributed by atoms with Crippen molar-refractivity contribution in [3.63, 3.8) is 0 Å². The Labute approximate surface area is 150 Å². The molecule has 0 saturated carbocycles. The van der Waals surface area contributed by atoms with Crippen molar-refractivity contribution >= 4 is 23.2 Å². The molecule has 1 aliphatic heterocycles. The minimum atomic E-state index is -0.358. The van der Waals surface area contributed by atoms with Crippen LogP contribution in [0.15, 0.2) is 41.3 Å². The predicted octanol–water partition coefficient (Wildman–Crippen LogP) is 1.18. The summed E-state index contributed by atoms with van der Waals surface area (Å²) in [5, 5.41) is 4.38. The summed E-state index contributed by atoms with van der Waals surface area (Å²) in [6, 6.07) is 9.13. The van der Waals surface area contributed by atoms with Gasteiger partial charge in [-0.2, -0.15) is 9.78 Å². The van der Waals surface area contributed by atoms with Crippen LogP contribution in [0.3, 0.4) is 0 Å². The first-order valence-corrected chi connectivity index (χ1v) is 8.34. The second-order valence-electron chi connectivity index (χ2n) is 5.70. The number of carbonyl (C=O) groups excluding carboxylic acids is 1. The number of halogens is 1. The van der Waals surface area contributed by atoms with Gasteiger partial charge in [-0.05, 0) is 12.1 Å². The highest BCUT2D eigenvalue weighted by molar-refractivity contribution is 6.33. The van der Waals surface area contributed by atoms with Crippen LogP contribution in [0.25, 0.3) is 5.69 Å². The first-order chi connectivity index (χ1) is 12.1. The van der Waals surface area contributed by atoms with E-state index in [4.69, 9.17) is 16.3 Å². The molecule has 0 atom stereocenters. The Morgan fingerprint density at radius 3 is 2.52 bits per heavy atom. The third-order valence-electron chi connectivity index (χ3n) is 4.14. The molecule has 8 heteroatoms. The van der Waals surface area contributed by atoms with Gasteiger partial charge >= 0.3 is 0 Å². The average Bonchev–Trinajstić information content (AvgIpc) is 2.65. The summed E-state index contributed by atoms with van der Waals surface area (Å²) >= 11 is 6.31. The third kappa shape index (κ3) is 3.67. The van der Waals surface area contributed by atoms with Gasteiger partial charge in [-0.3, -0.25) is 9.59 Å². The van der Waals surface area contributed by atoms with Crippen molar-refractivity contribution < 1.29 is 9.53 Å². The van der Waals surface area contributed by atoms with E-state index in [1.807, 2.05) is 23.1 Å². The minimum absolute atomic E-state index is 0.0362. The topological polar surface area (TPSA) is 67.7 Å². The van der Waals surface area contributed by atoms with Gasteiger partial charge in [0.25, 0.3) is 5.56 Å². The number of para-hydroxylation sites is 1. The summed E-state index contributed by atoms with van der Waals surface area (Å²) < 4.78 is 6.16. The van der Waals surface area contributed by atoms with Crippen molar-refractivity contribution in [2.45, 2.75) is 0 Å². The number of hydrogen-bond donors (Lipinski definition) is 0. The van der Waals surface area contributed by atoms with Gasteiger partial charge < -0.3 is 14.5 Å². The fourth-order valence-electron chi connectivity index (χ4n) is 2.81. The van der Waals surface area contributed by atoms with E-state index in [0.717, 1.165) is 0 Å². The SMILES string of the molecule is COCC(=O)N1CCN(c2cnn(-c3ccccc3)c(=O)c2Cl)CC1. The molecular formula is C17H19ClN4O3. The van der Waals surface area contributed by atoms with Crippen LogP contribution >= 0.6 is 11.6 Å². The highest BCUT2D eigenvalue weighted by Crippen LogP contribution is 2.23. The molecule has 0 aliphatic carbocycles. The number of carbonyl (C=O) groups is 1. The van der Waals surface area contributed by atoms with Crippen LogP contribution in [-0.2, 0) is 9.53 Å². The number of ether oxygens (including phenoxy) is 1. The monoisotopic (exact) mass is 362 g/mol. The largest absolute Gasteiger partial charge is 0.375 e. The van der Waals surface area contributed by atoms with E-state index in [1.54, 1.807) is 23.2 Å². The number of nitrogens with zero attached hydrogens (tertiary/aromatic N) is 4. The van der Waals surface area contributed by atoms with Crippen molar-refractivity contribution in [1.29, 1.82) is 0 Å². The molecule has 7 nitrogen and oxygen atoms in total. The number of piperazine rings is 1. The van der Waals surface area contributed by atoms with E-state index < -0.39 is 0 Å². The molecule has 2 aromatic rings. The summed E-state index contributed by atoms with van der Waals surface area (Å²) in [6.07, 6.45) is 1.60. The van der Waals surface area contributed by atoms with Crippen molar-refractivity contribution in [2.75, 3.05) is 44.8 Å². The summed E-state index contributed by atoms with van der Waals surface area (Å²) in [5.41, 5.74) is 0.900. The molecule has 1 aromatic carbocycles. The smallest absolute Gasteiger partial charge is 0.292 e. The molecule has 0 unspecified atom stereocenters. The summed E-state index contributed by atoms with van der Waals surface area (Å²) in [5.74, 6) is -0.0362. The Bertz CT molecular complexity index is 801. The second kappa shape index (κ2) is 7.67. The van der Waals surface area contributed by atoms with Crippen molar-refractivity contribution in [3.8, 4) is 5.69 Å². The fraction of sp³-hybridized carbons (Fsp3) is 0.353. The Kier molecular flexibility index (Phi) is 5.35. The van der Waals surface area contributed by atoms with Crippen molar-refractivity contribution in [3.05, 3.63) is 51.9 Å². The zero-order valence-corrected chi connectivity index (χ0v) is 14.6. The van der Waals surface area contributed by atoms with Crippen LogP contribution in [0.1, 0.15) is 0 Å². The molecule has 0 N–H and O–H groups in total.